The van der Waals surface area contributed by atoms with E-state index in [9.17, 15) is 18.0 Å². The van der Waals surface area contributed by atoms with E-state index in [1.807, 2.05) is 11.8 Å². The summed E-state index contributed by atoms with van der Waals surface area (Å²) in [5.74, 6) is -0.135. The number of rotatable bonds is 8. The number of carbonyl (C=O) groups is 2. The number of sulfonamides is 1. The minimum absolute atomic E-state index is 0.0134. The van der Waals surface area contributed by atoms with E-state index in [1.54, 1.807) is 11.6 Å². The SMILES string of the molecule is COc1ccc(NC(=O)CN2CCC(NC(=O)c3scnc3C)CC2)cc1S(=O)(=O)N(C)C. The molecule has 12 heteroatoms. The van der Waals surface area contributed by atoms with E-state index >= 15 is 0 Å². The fourth-order valence-corrected chi connectivity index (χ4v) is 5.34. The van der Waals surface area contributed by atoms with Gasteiger partial charge in [-0.3, -0.25) is 14.5 Å². The summed E-state index contributed by atoms with van der Waals surface area (Å²) in [5, 5.41) is 5.81. The zero-order chi connectivity index (χ0) is 24.2. The molecule has 0 saturated carbocycles. The summed E-state index contributed by atoms with van der Waals surface area (Å²) < 4.78 is 31.4. The van der Waals surface area contributed by atoms with Crippen molar-refractivity contribution in [1.82, 2.24) is 19.5 Å². The molecule has 10 nitrogen and oxygen atoms in total. The molecule has 1 aromatic carbocycles. The highest BCUT2D eigenvalue weighted by molar-refractivity contribution is 7.89. The molecule has 0 bridgehead atoms. The molecule has 0 atom stereocenters. The number of hydrogen-bond donors (Lipinski definition) is 2. The van der Waals surface area contributed by atoms with Gasteiger partial charge >= 0.3 is 0 Å². The summed E-state index contributed by atoms with van der Waals surface area (Å²) in [5.41, 5.74) is 2.77. The monoisotopic (exact) mass is 495 g/mol. The van der Waals surface area contributed by atoms with Gasteiger partial charge in [-0.2, -0.15) is 0 Å². The number of aromatic nitrogens is 1. The highest BCUT2D eigenvalue weighted by Crippen LogP contribution is 2.29. The molecule has 1 saturated heterocycles. The standard InChI is InChI=1S/C21H29N5O5S2/c1-14-20(32-13-22-14)21(28)24-15-7-9-26(10-8-15)12-19(27)23-16-5-6-17(31-4)18(11-16)33(29,30)25(2)3/h5-6,11,13,15H,7-10,12H2,1-4H3,(H,23,27)(H,24,28). The van der Waals surface area contributed by atoms with Crippen molar-refractivity contribution in [3.63, 3.8) is 0 Å². The van der Waals surface area contributed by atoms with Crippen LogP contribution in [0.5, 0.6) is 5.75 Å². The van der Waals surface area contributed by atoms with Crippen LogP contribution in [0.15, 0.2) is 28.6 Å². The second kappa shape index (κ2) is 10.6. The van der Waals surface area contributed by atoms with E-state index in [0.717, 1.165) is 22.8 Å². The molecule has 0 aliphatic carbocycles. The van der Waals surface area contributed by atoms with Gasteiger partial charge in [0.25, 0.3) is 5.91 Å². The summed E-state index contributed by atoms with van der Waals surface area (Å²) in [6.07, 6.45) is 1.48. The number of thiazole rings is 1. The quantitative estimate of drug-likeness (QED) is 0.570. The first-order valence-corrected chi connectivity index (χ1v) is 12.8. The summed E-state index contributed by atoms with van der Waals surface area (Å²) in [6, 6.07) is 4.58. The van der Waals surface area contributed by atoms with E-state index < -0.39 is 10.0 Å². The zero-order valence-corrected chi connectivity index (χ0v) is 20.8. The van der Waals surface area contributed by atoms with Gasteiger partial charge in [-0.1, -0.05) is 0 Å². The minimum Gasteiger partial charge on any atom is -0.495 e. The van der Waals surface area contributed by atoms with Gasteiger partial charge in [0.2, 0.25) is 15.9 Å². The Labute approximate surface area is 198 Å². The van der Waals surface area contributed by atoms with Crippen LogP contribution in [0.3, 0.4) is 0 Å². The molecule has 0 spiro atoms. The van der Waals surface area contributed by atoms with E-state index in [1.165, 1.54) is 44.7 Å². The minimum atomic E-state index is -3.73. The molecule has 0 unspecified atom stereocenters. The molecule has 180 valence electrons. The summed E-state index contributed by atoms with van der Waals surface area (Å²) in [6.45, 7) is 3.33. The van der Waals surface area contributed by atoms with Gasteiger partial charge < -0.3 is 15.4 Å². The van der Waals surface area contributed by atoms with Crippen LogP contribution >= 0.6 is 11.3 Å². The fraction of sp³-hybridized carbons (Fsp3) is 0.476. The van der Waals surface area contributed by atoms with Crippen molar-refractivity contribution in [2.24, 2.45) is 0 Å². The van der Waals surface area contributed by atoms with Crippen LogP contribution in [0.25, 0.3) is 0 Å². The molecule has 3 rings (SSSR count). The van der Waals surface area contributed by atoms with Gasteiger partial charge in [0.05, 0.1) is 24.9 Å². The number of likely N-dealkylation sites (tertiary alicyclic amines) is 1. The van der Waals surface area contributed by atoms with Gasteiger partial charge in [0, 0.05) is 38.9 Å². The highest BCUT2D eigenvalue weighted by Gasteiger charge is 2.25. The number of benzene rings is 1. The number of carbonyl (C=O) groups excluding carboxylic acids is 2. The van der Waals surface area contributed by atoms with Crippen molar-refractivity contribution in [3.8, 4) is 5.75 Å². The number of methoxy groups -OCH3 is 1. The Bertz CT molecular complexity index is 1110. The molecule has 1 aliphatic rings. The summed E-state index contributed by atoms with van der Waals surface area (Å²) in [4.78, 5) is 31.7. The summed E-state index contributed by atoms with van der Waals surface area (Å²) >= 11 is 1.33. The second-order valence-corrected chi connectivity index (χ2v) is 11.0. The lowest BCUT2D eigenvalue weighted by Gasteiger charge is -2.31. The van der Waals surface area contributed by atoms with Gasteiger partial charge in [-0.15, -0.1) is 11.3 Å². The number of hydrogen-bond acceptors (Lipinski definition) is 8. The van der Waals surface area contributed by atoms with Crippen LogP contribution in [0.2, 0.25) is 0 Å². The Morgan fingerprint density at radius 2 is 1.97 bits per heavy atom. The Balaban J connectivity index is 1.54. The molecule has 1 aromatic heterocycles. The molecule has 0 radical (unpaired) electrons. The third kappa shape index (κ3) is 6.08. The maximum atomic E-state index is 12.6. The maximum Gasteiger partial charge on any atom is 0.263 e. The molecule has 1 aliphatic heterocycles. The Hall–Kier alpha value is -2.54. The van der Waals surface area contributed by atoms with Crippen molar-refractivity contribution in [3.05, 3.63) is 34.3 Å². The van der Waals surface area contributed by atoms with E-state index in [-0.39, 0.29) is 35.0 Å². The average Bonchev–Trinajstić information content (AvgIpc) is 3.21. The van der Waals surface area contributed by atoms with Crippen molar-refractivity contribution in [1.29, 1.82) is 0 Å². The first kappa shape index (κ1) is 25.1. The molecule has 2 amide bonds. The van der Waals surface area contributed by atoms with Crippen LogP contribution in [0.4, 0.5) is 5.69 Å². The van der Waals surface area contributed by atoms with Crippen LogP contribution < -0.4 is 15.4 Å². The average molecular weight is 496 g/mol. The lowest BCUT2D eigenvalue weighted by Crippen LogP contribution is -2.46. The largest absolute Gasteiger partial charge is 0.495 e. The Kier molecular flexibility index (Phi) is 8.05. The number of aryl methyl sites for hydroxylation is 1. The van der Waals surface area contributed by atoms with Crippen molar-refractivity contribution >= 4 is 38.9 Å². The molecule has 2 N–H and O–H groups in total. The highest BCUT2D eigenvalue weighted by atomic mass is 32.2. The topological polar surface area (TPSA) is 121 Å². The predicted octanol–water partition coefficient (Wildman–Crippen LogP) is 1.54. The number of amides is 2. The van der Waals surface area contributed by atoms with Gasteiger partial charge in [0.15, 0.2) is 0 Å². The van der Waals surface area contributed by atoms with Gasteiger partial charge in [-0.25, -0.2) is 17.7 Å². The number of anilines is 1. The van der Waals surface area contributed by atoms with Crippen molar-refractivity contribution < 1.29 is 22.7 Å². The van der Waals surface area contributed by atoms with Crippen LogP contribution in [0, 0.1) is 6.92 Å². The molecule has 2 heterocycles. The van der Waals surface area contributed by atoms with Crippen molar-refractivity contribution in [2.45, 2.75) is 30.7 Å². The van der Waals surface area contributed by atoms with Gasteiger partial charge in [-0.05, 0) is 38.0 Å². The third-order valence-corrected chi connectivity index (χ3v) is 8.21. The third-order valence-electron chi connectivity index (χ3n) is 5.45. The number of nitrogens with zero attached hydrogens (tertiary/aromatic N) is 3. The van der Waals surface area contributed by atoms with E-state index in [0.29, 0.717) is 23.7 Å². The lowest BCUT2D eigenvalue weighted by molar-refractivity contribution is -0.117. The number of nitrogens with one attached hydrogen (secondary N) is 2. The molecule has 33 heavy (non-hydrogen) atoms. The van der Waals surface area contributed by atoms with Gasteiger partial charge in [0.1, 0.15) is 15.5 Å². The Morgan fingerprint density at radius 1 is 1.27 bits per heavy atom. The van der Waals surface area contributed by atoms with Crippen molar-refractivity contribution in [2.75, 3.05) is 46.2 Å². The second-order valence-electron chi connectivity index (χ2n) is 7.99. The Morgan fingerprint density at radius 3 is 2.55 bits per heavy atom. The first-order chi connectivity index (χ1) is 15.6. The van der Waals surface area contributed by atoms with E-state index in [4.69, 9.17) is 4.74 Å². The fourth-order valence-electron chi connectivity index (χ4n) is 3.56. The zero-order valence-electron chi connectivity index (χ0n) is 19.1. The lowest BCUT2D eigenvalue weighted by atomic mass is 10.0. The smallest absolute Gasteiger partial charge is 0.263 e. The number of piperidine rings is 1. The normalized spacial score (nSPS) is 15.4. The summed E-state index contributed by atoms with van der Waals surface area (Å²) in [7, 11) is 0.534. The maximum absolute atomic E-state index is 12.6. The number of ether oxygens (including phenoxy) is 1. The predicted molar refractivity (Wildman–Crippen MR) is 126 cm³/mol. The van der Waals surface area contributed by atoms with Crippen LogP contribution in [-0.2, 0) is 14.8 Å². The molecular formula is C21H29N5O5S2. The van der Waals surface area contributed by atoms with E-state index in [2.05, 4.69) is 15.6 Å². The molecule has 1 fully saturated rings. The molecule has 2 aromatic rings. The first-order valence-electron chi connectivity index (χ1n) is 10.5. The molecular weight excluding hydrogens is 466 g/mol. The van der Waals surface area contributed by atoms with Crippen LogP contribution in [-0.4, -0.2) is 81.3 Å². The van der Waals surface area contributed by atoms with Crippen LogP contribution in [0.1, 0.15) is 28.2 Å².